The number of hydrogen-bond acceptors (Lipinski definition) is 2. The van der Waals surface area contributed by atoms with Gasteiger partial charge in [0.1, 0.15) is 5.82 Å². The van der Waals surface area contributed by atoms with E-state index in [-0.39, 0.29) is 12.2 Å². The van der Waals surface area contributed by atoms with Crippen molar-refractivity contribution in [2.24, 2.45) is 0 Å². The van der Waals surface area contributed by atoms with E-state index >= 15 is 0 Å². The van der Waals surface area contributed by atoms with Crippen molar-refractivity contribution in [1.29, 1.82) is 0 Å². The molecule has 1 N–H and O–H groups in total. The number of carbonyl (C=O) groups is 1. The molecule has 0 bridgehead atoms. The highest BCUT2D eigenvalue weighted by Gasteiger charge is 2.04. The Labute approximate surface area is 105 Å². The van der Waals surface area contributed by atoms with Crippen molar-refractivity contribution in [2.45, 2.75) is 19.4 Å². The lowest BCUT2D eigenvalue weighted by molar-refractivity contribution is -0.137. The zero-order valence-electron chi connectivity index (χ0n) is 9.62. The largest absolute Gasteiger partial charge is 0.481 e. The van der Waals surface area contributed by atoms with Crippen molar-refractivity contribution in [3.05, 3.63) is 34.6 Å². The number of carboxylic acid groups (broad SMARTS) is 1. The van der Waals surface area contributed by atoms with Crippen LogP contribution in [0.15, 0.2) is 18.2 Å². The fraction of sp³-hybridized carbons (Fsp3) is 0.417. The van der Waals surface area contributed by atoms with E-state index in [1.807, 2.05) is 11.9 Å². The van der Waals surface area contributed by atoms with Gasteiger partial charge in [-0.05, 0) is 43.8 Å². The van der Waals surface area contributed by atoms with Gasteiger partial charge in [-0.3, -0.25) is 4.79 Å². The van der Waals surface area contributed by atoms with Crippen molar-refractivity contribution in [1.82, 2.24) is 4.90 Å². The molecule has 0 atom stereocenters. The Hall–Kier alpha value is -1.13. The number of benzene rings is 1. The van der Waals surface area contributed by atoms with Crippen LogP contribution in [0.4, 0.5) is 4.39 Å². The molecular weight excluding hydrogens is 245 g/mol. The summed E-state index contributed by atoms with van der Waals surface area (Å²) in [5.74, 6) is -1.15. The lowest BCUT2D eigenvalue weighted by Crippen LogP contribution is -2.19. The Morgan fingerprint density at radius 2 is 2.18 bits per heavy atom. The van der Waals surface area contributed by atoms with Gasteiger partial charge >= 0.3 is 5.97 Å². The summed E-state index contributed by atoms with van der Waals surface area (Å²) in [6.07, 6.45) is 0.725. The lowest BCUT2D eigenvalue weighted by atomic mass is 10.2. The number of nitrogens with zero attached hydrogens (tertiary/aromatic N) is 1. The van der Waals surface area contributed by atoms with Gasteiger partial charge in [-0.25, -0.2) is 4.39 Å². The van der Waals surface area contributed by atoms with Gasteiger partial charge in [0, 0.05) is 18.0 Å². The Balaban J connectivity index is 2.44. The van der Waals surface area contributed by atoms with Crippen LogP contribution in [-0.4, -0.2) is 29.6 Å². The average molecular weight is 260 g/mol. The summed E-state index contributed by atoms with van der Waals surface area (Å²) in [7, 11) is 1.86. The second kappa shape index (κ2) is 6.57. The SMILES string of the molecule is CN(CCCC(=O)O)Cc1cc(F)cc(Cl)c1. The quantitative estimate of drug-likeness (QED) is 0.854. The smallest absolute Gasteiger partial charge is 0.303 e. The second-order valence-electron chi connectivity index (χ2n) is 4.01. The molecule has 0 radical (unpaired) electrons. The summed E-state index contributed by atoms with van der Waals surface area (Å²) in [6.45, 7) is 1.21. The molecule has 17 heavy (non-hydrogen) atoms. The molecule has 0 saturated carbocycles. The van der Waals surface area contributed by atoms with Crippen LogP contribution in [0.3, 0.4) is 0 Å². The van der Waals surface area contributed by atoms with E-state index in [0.717, 1.165) is 5.56 Å². The maximum Gasteiger partial charge on any atom is 0.303 e. The van der Waals surface area contributed by atoms with Crippen molar-refractivity contribution >= 4 is 17.6 Å². The standard InChI is InChI=1S/C12H15ClFNO2/c1-15(4-2-3-12(16)17)8-9-5-10(13)7-11(14)6-9/h5-7H,2-4,8H2,1H3,(H,16,17). The monoisotopic (exact) mass is 259 g/mol. The van der Waals surface area contributed by atoms with E-state index in [4.69, 9.17) is 16.7 Å². The van der Waals surface area contributed by atoms with Crippen LogP contribution in [0.5, 0.6) is 0 Å². The summed E-state index contributed by atoms with van der Waals surface area (Å²) in [5, 5.41) is 8.88. The van der Waals surface area contributed by atoms with Crippen LogP contribution < -0.4 is 0 Å². The zero-order valence-corrected chi connectivity index (χ0v) is 10.4. The van der Waals surface area contributed by atoms with Crippen LogP contribution in [0, 0.1) is 5.82 Å². The van der Waals surface area contributed by atoms with Gasteiger partial charge in [-0.15, -0.1) is 0 Å². The van der Waals surface area contributed by atoms with Gasteiger partial charge < -0.3 is 10.0 Å². The maximum absolute atomic E-state index is 13.1. The molecule has 0 aliphatic heterocycles. The molecule has 94 valence electrons. The first-order chi connectivity index (χ1) is 7.97. The molecule has 0 spiro atoms. The number of hydrogen-bond donors (Lipinski definition) is 1. The van der Waals surface area contributed by atoms with E-state index in [2.05, 4.69) is 0 Å². The first kappa shape index (κ1) is 13.9. The first-order valence-corrected chi connectivity index (χ1v) is 5.70. The van der Waals surface area contributed by atoms with Gasteiger partial charge in [0.2, 0.25) is 0 Å². The molecule has 0 aliphatic carbocycles. The Morgan fingerprint density at radius 3 is 2.76 bits per heavy atom. The molecule has 1 rings (SSSR count). The average Bonchev–Trinajstić information content (AvgIpc) is 2.14. The molecule has 0 aliphatic rings. The third-order valence-electron chi connectivity index (χ3n) is 2.31. The molecule has 0 fully saturated rings. The van der Waals surface area contributed by atoms with Gasteiger partial charge in [0.15, 0.2) is 0 Å². The van der Waals surface area contributed by atoms with Crippen molar-refractivity contribution in [3.63, 3.8) is 0 Å². The second-order valence-corrected chi connectivity index (χ2v) is 4.45. The lowest BCUT2D eigenvalue weighted by Gasteiger charge is -2.16. The van der Waals surface area contributed by atoms with Crippen molar-refractivity contribution in [3.8, 4) is 0 Å². The van der Waals surface area contributed by atoms with Crippen molar-refractivity contribution in [2.75, 3.05) is 13.6 Å². The molecule has 1 aromatic rings. The third-order valence-corrected chi connectivity index (χ3v) is 2.52. The number of halogens is 2. The van der Waals surface area contributed by atoms with Crippen LogP contribution in [0.2, 0.25) is 5.02 Å². The highest BCUT2D eigenvalue weighted by molar-refractivity contribution is 6.30. The summed E-state index contributed by atoms with van der Waals surface area (Å²) in [5.41, 5.74) is 0.785. The number of aliphatic carboxylic acids is 1. The van der Waals surface area contributed by atoms with E-state index in [1.54, 1.807) is 6.07 Å². The highest BCUT2D eigenvalue weighted by atomic mass is 35.5. The summed E-state index contributed by atoms with van der Waals surface area (Å²) < 4.78 is 13.1. The molecule has 0 unspecified atom stereocenters. The van der Waals surface area contributed by atoms with Gasteiger partial charge in [0.05, 0.1) is 0 Å². The van der Waals surface area contributed by atoms with E-state index < -0.39 is 5.97 Å². The van der Waals surface area contributed by atoms with Crippen LogP contribution >= 0.6 is 11.6 Å². The first-order valence-electron chi connectivity index (χ1n) is 5.32. The number of rotatable bonds is 6. The fourth-order valence-electron chi connectivity index (χ4n) is 1.59. The third kappa shape index (κ3) is 5.65. The maximum atomic E-state index is 13.1. The predicted octanol–water partition coefficient (Wildman–Crippen LogP) is 2.78. The topological polar surface area (TPSA) is 40.5 Å². The Bertz CT molecular complexity index is 378. The predicted molar refractivity (Wildman–Crippen MR) is 64.6 cm³/mol. The van der Waals surface area contributed by atoms with Crippen LogP contribution in [0.1, 0.15) is 18.4 Å². The highest BCUT2D eigenvalue weighted by Crippen LogP contribution is 2.15. The Morgan fingerprint density at radius 1 is 1.47 bits per heavy atom. The van der Waals surface area contributed by atoms with Crippen LogP contribution in [0.25, 0.3) is 0 Å². The molecule has 1 aromatic carbocycles. The molecule has 0 amide bonds. The number of carboxylic acids is 1. The Kier molecular flexibility index (Phi) is 5.38. The molecule has 0 heterocycles. The molecule has 0 aromatic heterocycles. The van der Waals surface area contributed by atoms with E-state index in [1.165, 1.54) is 12.1 Å². The van der Waals surface area contributed by atoms with E-state index in [0.29, 0.717) is 24.5 Å². The molecule has 5 heteroatoms. The van der Waals surface area contributed by atoms with Crippen LogP contribution in [-0.2, 0) is 11.3 Å². The van der Waals surface area contributed by atoms with Crippen molar-refractivity contribution < 1.29 is 14.3 Å². The fourth-order valence-corrected chi connectivity index (χ4v) is 1.84. The van der Waals surface area contributed by atoms with Gasteiger partial charge in [-0.1, -0.05) is 11.6 Å². The minimum atomic E-state index is -0.799. The van der Waals surface area contributed by atoms with Gasteiger partial charge in [0.25, 0.3) is 0 Å². The van der Waals surface area contributed by atoms with Gasteiger partial charge in [-0.2, -0.15) is 0 Å². The molecule has 0 saturated heterocycles. The summed E-state index contributed by atoms with van der Waals surface area (Å²) in [4.78, 5) is 12.3. The molecule has 3 nitrogen and oxygen atoms in total. The molecular formula is C12H15ClFNO2. The summed E-state index contributed by atoms with van der Waals surface area (Å²) in [6, 6.07) is 4.40. The summed E-state index contributed by atoms with van der Waals surface area (Å²) >= 11 is 5.74. The normalized spacial score (nSPS) is 10.8. The van der Waals surface area contributed by atoms with E-state index in [9.17, 15) is 9.18 Å². The minimum Gasteiger partial charge on any atom is -0.481 e. The minimum absolute atomic E-state index is 0.147. The zero-order chi connectivity index (χ0) is 12.8.